The molecular formula is C6H6Cl2N4S. The Bertz CT molecular complexity index is 354. The molecule has 0 amide bonds. The summed E-state index contributed by atoms with van der Waals surface area (Å²) in [7, 11) is 0. The summed E-state index contributed by atoms with van der Waals surface area (Å²) in [6, 6.07) is 0. The van der Waals surface area contributed by atoms with Crippen LogP contribution >= 0.6 is 34.5 Å². The summed E-state index contributed by atoms with van der Waals surface area (Å²) in [4.78, 5) is 0. The van der Waals surface area contributed by atoms with Crippen molar-refractivity contribution in [3.63, 3.8) is 0 Å². The van der Waals surface area contributed by atoms with Gasteiger partial charge in [-0.1, -0.05) is 23.2 Å². The van der Waals surface area contributed by atoms with Crippen molar-refractivity contribution in [3.8, 4) is 0 Å². The fourth-order valence-electron chi connectivity index (χ4n) is 0.577. The summed E-state index contributed by atoms with van der Waals surface area (Å²) in [5.74, 6) is -0.103. The quantitative estimate of drug-likeness (QED) is 0.466. The number of guanidine groups is 1. The Kier molecular flexibility index (Phi) is 3.53. The maximum Gasteiger partial charge on any atom is 0.211 e. The van der Waals surface area contributed by atoms with Crippen LogP contribution in [-0.4, -0.2) is 12.2 Å². The molecule has 0 aromatic carbocycles. The molecule has 1 aromatic rings. The van der Waals surface area contributed by atoms with E-state index in [2.05, 4.69) is 10.2 Å². The highest BCUT2D eigenvalue weighted by Crippen LogP contribution is 2.31. The minimum atomic E-state index is -0.103. The van der Waals surface area contributed by atoms with Crippen LogP contribution in [0, 0.1) is 0 Å². The van der Waals surface area contributed by atoms with Gasteiger partial charge in [0, 0.05) is 10.9 Å². The third-order valence-corrected chi connectivity index (χ3v) is 2.94. The monoisotopic (exact) mass is 236 g/mol. The molecule has 0 saturated heterocycles. The van der Waals surface area contributed by atoms with E-state index in [9.17, 15) is 0 Å². The Balaban J connectivity index is 2.80. The molecule has 0 aliphatic heterocycles. The molecule has 0 unspecified atom stereocenters. The van der Waals surface area contributed by atoms with E-state index in [1.165, 1.54) is 17.6 Å². The second-order valence-corrected chi connectivity index (χ2v) is 3.91. The third-order valence-electron chi connectivity index (χ3n) is 1.09. The smallest absolute Gasteiger partial charge is 0.211 e. The maximum atomic E-state index is 5.80. The summed E-state index contributed by atoms with van der Waals surface area (Å²) in [6.45, 7) is 0. The Morgan fingerprint density at radius 2 is 2.15 bits per heavy atom. The van der Waals surface area contributed by atoms with E-state index in [0.29, 0.717) is 14.9 Å². The molecule has 0 aliphatic rings. The van der Waals surface area contributed by atoms with Gasteiger partial charge in [0.1, 0.15) is 4.34 Å². The highest BCUT2D eigenvalue weighted by molar-refractivity contribution is 7.15. The minimum absolute atomic E-state index is 0.103. The van der Waals surface area contributed by atoms with Gasteiger partial charge in [0.15, 0.2) is 0 Å². The van der Waals surface area contributed by atoms with Crippen molar-refractivity contribution >= 4 is 46.7 Å². The first-order valence-electron chi connectivity index (χ1n) is 3.15. The van der Waals surface area contributed by atoms with E-state index in [0.717, 1.165) is 0 Å². The van der Waals surface area contributed by atoms with E-state index in [4.69, 9.17) is 34.7 Å². The molecule has 0 spiro atoms. The lowest BCUT2D eigenvalue weighted by molar-refractivity contribution is 1.22. The SMILES string of the molecule is NC(N)=N/N=C/c1csc(Cl)c1Cl. The second kappa shape index (κ2) is 4.45. The van der Waals surface area contributed by atoms with Crippen molar-refractivity contribution in [1.82, 2.24) is 0 Å². The van der Waals surface area contributed by atoms with Crippen LogP contribution in [0.5, 0.6) is 0 Å². The molecule has 0 aliphatic carbocycles. The highest BCUT2D eigenvalue weighted by atomic mass is 35.5. The predicted octanol–water partition coefficient (Wildman–Crippen LogP) is 1.66. The number of nitrogens with zero attached hydrogens (tertiary/aromatic N) is 2. The zero-order chi connectivity index (χ0) is 9.84. The molecular weight excluding hydrogens is 231 g/mol. The fraction of sp³-hybridized carbons (Fsp3) is 0. The van der Waals surface area contributed by atoms with Crippen LogP contribution in [0.2, 0.25) is 9.36 Å². The van der Waals surface area contributed by atoms with Crippen LogP contribution in [0.4, 0.5) is 0 Å². The van der Waals surface area contributed by atoms with Gasteiger partial charge in [0.25, 0.3) is 0 Å². The van der Waals surface area contributed by atoms with E-state index in [-0.39, 0.29) is 5.96 Å². The summed E-state index contributed by atoms with van der Waals surface area (Å²) in [5.41, 5.74) is 10.8. The molecule has 0 fully saturated rings. The Morgan fingerprint density at radius 1 is 1.46 bits per heavy atom. The van der Waals surface area contributed by atoms with Gasteiger partial charge >= 0.3 is 0 Å². The van der Waals surface area contributed by atoms with Gasteiger partial charge < -0.3 is 11.5 Å². The molecule has 0 saturated carbocycles. The molecule has 7 heteroatoms. The highest BCUT2D eigenvalue weighted by Gasteiger charge is 2.04. The lowest BCUT2D eigenvalue weighted by Crippen LogP contribution is -2.21. The first-order chi connectivity index (χ1) is 6.11. The molecule has 1 aromatic heterocycles. The molecule has 4 nitrogen and oxygen atoms in total. The molecule has 1 heterocycles. The van der Waals surface area contributed by atoms with Crippen LogP contribution in [0.1, 0.15) is 5.56 Å². The molecule has 70 valence electrons. The lowest BCUT2D eigenvalue weighted by Gasteiger charge is -1.86. The number of thiophene rings is 1. The van der Waals surface area contributed by atoms with Gasteiger partial charge in [-0.2, -0.15) is 5.10 Å². The molecule has 1 rings (SSSR count). The van der Waals surface area contributed by atoms with Crippen LogP contribution in [0.25, 0.3) is 0 Å². The van der Waals surface area contributed by atoms with Crippen LogP contribution < -0.4 is 11.5 Å². The predicted molar refractivity (Wildman–Crippen MR) is 57.7 cm³/mol. The van der Waals surface area contributed by atoms with E-state index in [1.54, 1.807) is 5.38 Å². The Hall–Kier alpha value is -0.780. The van der Waals surface area contributed by atoms with Crippen molar-refractivity contribution in [3.05, 3.63) is 20.3 Å². The average Bonchev–Trinajstić information content (AvgIpc) is 2.35. The number of nitrogens with two attached hydrogens (primary N) is 2. The van der Waals surface area contributed by atoms with Gasteiger partial charge in [-0.15, -0.1) is 16.4 Å². The van der Waals surface area contributed by atoms with E-state index in [1.807, 2.05) is 0 Å². The standard InChI is InChI=1S/C6H6Cl2N4S/c7-4-3(2-13-5(4)8)1-11-12-6(9)10/h1-2H,(H4,9,10,12)/b11-1+. The van der Waals surface area contributed by atoms with Gasteiger partial charge in [0.05, 0.1) is 11.2 Å². The van der Waals surface area contributed by atoms with Gasteiger partial charge in [-0.3, -0.25) is 0 Å². The summed E-state index contributed by atoms with van der Waals surface area (Å²) >= 11 is 12.8. The second-order valence-electron chi connectivity index (χ2n) is 2.05. The molecule has 4 N–H and O–H groups in total. The van der Waals surface area contributed by atoms with Crippen LogP contribution in [0.3, 0.4) is 0 Å². The minimum Gasteiger partial charge on any atom is -0.369 e. The Morgan fingerprint density at radius 3 is 2.62 bits per heavy atom. The van der Waals surface area contributed by atoms with Crippen molar-refractivity contribution < 1.29 is 0 Å². The average molecular weight is 237 g/mol. The number of rotatable bonds is 2. The zero-order valence-corrected chi connectivity index (χ0v) is 8.70. The lowest BCUT2D eigenvalue weighted by atomic mass is 10.4. The van der Waals surface area contributed by atoms with E-state index < -0.39 is 0 Å². The molecule has 13 heavy (non-hydrogen) atoms. The summed E-state index contributed by atoms with van der Waals surface area (Å²) in [6.07, 6.45) is 1.43. The van der Waals surface area contributed by atoms with Gasteiger partial charge in [0.2, 0.25) is 5.96 Å². The molecule has 0 atom stereocenters. The number of hydrogen-bond acceptors (Lipinski definition) is 3. The van der Waals surface area contributed by atoms with Gasteiger partial charge in [-0.25, -0.2) is 0 Å². The molecule has 0 bridgehead atoms. The maximum absolute atomic E-state index is 5.80. The first kappa shape index (κ1) is 10.3. The Labute approximate surface area is 88.8 Å². The van der Waals surface area contributed by atoms with Crippen molar-refractivity contribution in [2.75, 3.05) is 0 Å². The van der Waals surface area contributed by atoms with Gasteiger partial charge in [-0.05, 0) is 0 Å². The van der Waals surface area contributed by atoms with Crippen molar-refractivity contribution in [1.29, 1.82) is 0 Å². The third kappa shape index (κ3) is 2.87. The first-order valence-corrected chi connectivity index (χ1v) is 4.79. The largest absolute Gasteiger partial charge is 0.369 e. The number of hydrogen-bond donors (Lipinski definition) is 2. The van der Waals surface area contributed by atoms with Crippen molar-refractivity contribution in [2.45, 2.75) is 0 Å². The van der Waals surface area contributed by atoms with Crippen LogP contribution in [0.15, 0.2) is 15.6 Å². The topological polar surface area (TPSA) is 76.8 Å². The zero-order valence-electron chi connectivity index (χ0n) is 6.37. The van der Waals surface area contributed by atoms with E-state index >= 15 is 0 Å². The summed E-state index contributed by atoms with van der Waals surface area (Å²) < 4.78 is 0.521. The van der Waals surface area contributed by atoms with Crippen LogP contribution in [-0.2, 0) is 0 Å². The normalized spacial score (nSPS) is 10.6. The van der Waals surface area contributed by atoms with Crippen molar-refractivity contribution in [2.24, 2.45) is 21.7 Å². The molecule has 0 radical (unpaired) electrons. The number of halogens is 2. The summed E-state index contributed by atoms with van der Waals surface area (Å²) in [5, 5.41) is 9.23. The fourth-order valence-corrected chi connectivity index (χ4v) is 1.75.